The second-order valence-corrected chi connectivity index (χ2v) is 10.3. The van der Waals surface area contributed by atoms with Gasteiger partial charge in [-0.3, -0.25) is 4.31 Å². The van der Waals surface area contributed by atoms with Crippen LogP contribution in [0.1, 0.15) is 31.2 Å². The molecule has 9 heteroatoms. The number of rotatable bonds is 7. The van der Waals surface area contributed by atoms with Crippen LogP contribution in [0.3, 0.4) is 0 Å². The van der Waals surface area contributed by atoms with Crippen LogP contribution in [0.25, 0.3) is 0 Å². The molecule has 2 aliphatic rings. The number of aromatic nitrogens is 1. The predicted octanol–water partition coefficient (Wildman–Crippen LogP) is 2.76. The Labute approximate surface area is 183 Å². The van der Waals surface area contributed by atoms with Gasteiger partial charge in [0.15, 0.2) is 0 Å². The zero-order valence-electron chi connectivity index (χ0n) is 17.6. The van der Waals surface area contributed by atoms with E-state index in [4.69, 9.17) is 4.74 Å². The van der Waals surface area contributed by atoms with E-state index in [0.717, 1.165) is 31.2 Å². The van der Waals surface area contributed by atoms with Gasteiger partial charge in [0, 0.05) is 45.6 Å². The predicted molar refractivity (Wildman–Crippen MR) is 118 cm³/mol. The molecule has 0 bridgehead atoms. The Morgan fingerprint density at radius 1 is 1.13 bits per heavy atom. The Bertz CT molecular complexity index is 986. The molecule has 1 saturated heterocycles. The van der Waals surface area contributed by atoms with Gasteiger partial charge in [-0.05, 0) is 24.5 Å². The van der Waals surface area contributed by atoms with E-state index in [1.165, 1.54) is 10.5 Å². The van der Waals surface area contributed by atoms with E-state index in [-0.39, 0.29) is 17.4 Å². The molecule has 1 aliphatic carbocycles. The number of carbonyl (C=O) groups excluding carboxylic acids is 1. The Balaban J connectivity index is 1.24. The standard InChI is InChI=1S/C22H28N4O4S/c1-25(31(28,29)20-8-9-20)18-7-10-21(23-16-18)30-19-11-13-26(14-12-19)22(27)24-15-17-5-3-2-4-6-17/h2-7,10,16,19-20H,8-9,11-15H2,1H3,(H,24,27). The fourth-order valence-corrected chi connectivity index (χ4v) is 5.18. The van der Waals surface area contributed by atoms with Gasteiger partial charge in [-0.25, -0.2) is 18.2 Å². The minimum Gasteiger partial charge on any atom is -0.474 e. The van der Waals surface area contributed by atoms with Gasteiger partial charge in [0.1, 0.15) is 6.10 Å². The van der Waals surface area contributed by atoms with Crippen molar-refractivity contribution in [3.63, 3.8) is 0 Å². The number of likely N-dealkylation sites (tertiary alicyclic amines) is 1. The van der Waals surface area contributed by atoms with Crippen molar-refractivity contribution < 1.29 is 17.9 Å². The first kappa shape index (κ1) is 21.4. The van der Waals surface area contributed by atoms with Crippen LogP contribution in [0.5, 0.6) is 5.88 Å². The van der Waals surface area contributed by atoms with Crippen LogP contribution in [-0.4, -0.2) is 55.8 Å². The van der Waals surface area contributed by atoms with Crippen LogP contribution in [-0.2, 0) is 16.6 Å². The molecule has 1 aromatic carbocycles. The molecule has 1 N–H and O–H groups in total. The van der Waals surface area contributed by atoms with Crippen molar-refractivity contribution in [1.29, 1.82) is 0 Å². The van der Waals surface area contributed by atoms with E-state index < -0.39 is 10.0 Å². The fourth-order valence-electron chi connectivity index (χ4n) is 3.60. The second-order valence-electron chi connectivity index (χ2n) is 8.01. The summed E-state index contributed by atoms with van der Waals surface area (Å²) in [4.78, 5) is 18.5. The van der Waals surface area contributed by atoms with Gasteiger partial charge in [0.25, 0.3) is 0 Å². The van der Waals surface area contributed by atoms with Crippen molar-refractivity contribution in [2.24, 2.45) is 0 Å². The Hall–Kier alpha value is -2.81. The third kappa shape index (κ3) is 5.28. The number of amides is 2. The number of piperidine rings is 1. The van der Waals surface area contributed by atoms with Gasteiger partial charge >= 0.3 is 6.03 Å². The molecule has 2 amide bonds. The maximum absolute atomic E-state index is 12.4. The quantitative estimate of drug-likeness (QED) is 0.709. The van der Waals surface area contributed by atoms with Crippen LogP contribution in [0.4, 0.5) is 10.5 Å². The van der Waals surface area contributed by atoms with Crippen molar-refractivity contribution in [3.8, 4) is 5.88 Å². The second kappa shape index (κ2) is 9.13. The van der Waals surface area contributed by atoms with Crippen LogP contribution in [0.2, 0.25) is 0 Å². The van der Waals surface area contributed by atoms with Crippen molar-refractivity contribution in [1.82, 2.24) is 15.2 Å². The lowest BCUT2D eigenvalue weighted by Crippen LogP contribution is -2.46. The molecule has 8 nitrogen and oxygen atoms in total. The van der Waals surface area contributed by atoms with Crippen LogP contribution < -0.4 is 14.4 Å². The summed E-state index contributed by atoms with van der Waals surface area (Å²) in [5.74, 6) is 0.466. The summed E-state index contributed by atoms with van der Waals surface area (Å²) >= 11 is 0. The van der Waals surface area contributed by atoms with Gasteiger partial charge in [0.05, 0.1) is 17.1 Å². The van der Waals surface area contributed by atoms with Crippen molar-refractivity contribution in [3.05, 3.63) is 54.2 Å². The lowest BCUT2D eigenvalue weighted by molar-refractivity contribution is 0.107. The van der Waals surface area contributed by atoms with Crippen LogP contribution in [0.15, 0.2) is 48.7 Å². The fraction of sp³-hybridized carbons (Fsp3) is 0.455. The highest BCUT2D eigenvalue weighted by atomic mass is 32.2. The molecule has 2 aromatic rings. The van der Waals surface area contributed by atoms with Crippen molar-refractivity contribution in [2.45, 2.75) is 43.6 Å². The van der Waals surface area contributed by atoms with Gasteiger partial charge < -0.3 is 15.0 Å². The number of hydrogen-bond acceptors (Lipinski definition) is 5. The molecule has 4 rings (SSSR count). The van der Waals surface area contributed by atoms with E-state index >= 15 is 0 Å². The zero-order valence-corrected chi connectivity index (χ0v) is 18.4. The maximum atomic E-state index is 12.4. The summed E-state index contributed by atoms with van der Waals surface area (Å²) in [7, 11) is -1.73. The highest BCUT2D eigenvalue weighted by molar-refractivity contribution is 7.93. The van der Waals surface area contributed by atoms with E-state index in [0.29, 0.717) is 31.2 Å². The number of pyridine rings is 1. The monoisotopic (exact) mass is 444 g/mol. The summed E-state index contributed by atoms with van der Waals surface area (Å²) in [6.07, 6.45) is 4.40. The van der Waals surface area contributed by atoms with E-state index in [1.54, 1.807) is 24.1 Å². The number of ether oxygens (including phenoxy) is 1. The number of urea groups is 1. The molecular formula is C22H28N4O4S. The van der Waals surface area contributed by atoms with Gasteiger partial charge in [0.2, 0.25) is 15.9 Å². The molecule has 0 atom stereocenters. The zero-order chi connectivity index (χ0) is 21.8. The molecule has 2 fully saturated rings. The number of nitrogens with one attached hydrogen (secondary N) is 1. The number of carbonyl (C=O) groups is 1. The van der Waals surface area contributed by atoms with E-state index in [9.17, 15) is 13.2 Å². The van der Waals surface area contributed by atoms with Crippen LogP contribution >= 0.6 is 0 Å². The number of sulfonamides is 1. The van der Waals surface area contributed by atoms with Gasteiger partial charge in [-0.1, -0.05) is 30.3 Å². The molecule has 1 aromatic heterocycles. The molecule has 1 saturated carbocycles. The first-order valence-corrected chi connectivity index (χ1v) is 12.1. The van der Waals surface area contributed by atoms with Crippen molar-refractivity contribution in [2.75, 3.05) is 24.4 Å². The summed E-state index contributed by atoms with van der Waals surface area (Å²) in [6, 6.07) is 13.2. The molecular weight excluding hydrogens is 416 g/mol. The van der Waals surface area contributed by atoms with Crippen molar-refractivity contribution >= 4 is 21.7 Å². The summed E-state index contributed by atoms with van der Waals surface area (Å²) in [6.45, 7) is 1.74. The van der Waals surface area contributed by atoms with E-state index in [2.05, 4.69) is 10.3 Å². The third-order valence-corrected chi connectivity index (χ3v) is 8.00. The average molecular weight is 445 g/mol. The van der Waals surface area contributed by atoms with Gasteiger partial charge in [-0.15, -0.1) is 0 Å². The number of nitrogens with zero attached hydrogens (tertiary/aromatic N) is 3. The minimum absolute atomic E-state index is 0.0237. The number of hydrogen-bond donors (Lipinski definition) is 1. The molecule has 166 valence electrons. The van der Waals surface area contributed by atoms with Crippen LogP contribution in [0, 0.1) is 0 Å². The third-order valence-electron chi connectivity index (χ3n) is 5.71. The Morgan fingerprint density at radius 3 is 2.45 bits per heavy atom. The minimum atomic E-state index is -3.29. The molecule has 1 aliphatic heterocycles. The molecule has 0 spiro atoms. The normalized spacial score (nSPS) is 17.3. The number of benzene rings is 1. The lowest BCUT2D eigenvalue weighted by Gasteiger charge is -2.32. The largest absolute Gasteiger partial charge is 0.474 e. The summed E-state index contributed by atoms with van der Waals surface area (Å²) in [5, 5.41) is 2.69. The topological polar surface area (TPSA) is 91.8 Å². The highest BCUT2D eigenvalue weighted by Gasteiger charge is 2.39. The molecule has 0 unspecified atom stereocenters. The number of anilines is 1. The Morgan fingerprint density at radius 2 is 1.84 bits per heavy atom. The molecule has 2 heterocycles. The van der Waals surface area contributed by atoms with E-state index in [1.807, 2.05) is 30.3 Å². The summed E-state index contributed by atoms with van der Waals surface area (Å²) < 4.78 is 31.9. The molecule has 0 radical (unpaired) electrons. The van der Waals surface area contributed by atoms with Gasteiger partial charge in [-0.2, -0.15) is 0 Å². The Kier molecular flexibility index (Phi) is 6.31. The first-order valence-electron chi connectivity index (χ1n) is 10.6. The average Bonchev–Trinajstić information content (AvgIpc) is 3.65. The lowest BCUT2D eigenvalue weighted by atomic mass is 10.1. The SMILES string of the molecule is CN(c1ccc(OC2CCN(C(=O)NCc3ccccc3)CC2)nc1)S(=O)(=O)C1CC1. The highest BCUT2D eigenvalue weighted by Crippen LogP contribution is 2.32. The maximum Gasteiger partial charge on any atom is 0.317 e. The smallest absolute Gasteiger partial charge is 0.317 e. The summed E-state index contributed by atoms with van der Waals surface area (Å²) in [5.41, 5.74) is 1.60. The molecule has 31 heavy (non-hydrogen) atoms. The first-order chi connectivity index (χ1) is 14.9.